The predicted octanol–water partition coefficient (Wildman–Crippen LogP) is 1.35. The Morgan fingerprint density at radius 1 is 1.25 bits per heavy atom. The summed E-state index contributed by atoms with van der Waals surface area (Å²) < 4.78 is 25.7. The van der Waals surface area contributed by atoms with Crippen LogP contribution in [-0.2, 0) is 9.59 Å². The van der Waals surface area contributed by atoms with Gasteiger partial charge in [0.05, 0.1) is 0 Å². The molecule has 1 amide bonds. The third-order valence-corrected chi connectivity index (χ3v) is 2.85. The Balaban J connectivity index is 2.68. The van der Waals surface area contributed by atoms with Crippen molar-refractivity contribution in [1.29, 1.82) is 0 Å². The monoisotopic (exact) mass is 235 g/mol. The van der Waals surface area contributed by atoms with Crippen molar-refractivity contribution in [2.45, 2.75) is 32.6 Å². The molecule has 4 nitrogen and oxygen atoms in total. The van der Waals surface area contributed by atoms with Gasteiger partial charge in [0.2, 0.25) is 5.91 Å². The van der Waals surface area contributed by atoms with Gasteiger partial charge in [0, 0.05) is 25.9 Å². The van der Waals surface area contributed by atoms with Gasteiger partial charge < -0.3 is 10.0 Å². The van der Waals surface area contributed by atoms with Gasteiger partial charge in [-0.2, -0.15) is 0 Å². The highest BCUT2D eigenvalue weighted by atomic mass is 19.3. The zero-order chi connectivity index (χ0) is 12.6. The largest absolute Gasteiger partial charge is 0.480 e. The van der Waals surface area contributed by atoms with Crippen molar-refractivity contribution in [3.63, 3.8) is 0 Å². The van der Waals surface area contributed by atoms with Crippen LogP contribution in [0.4, 0.5) is 8.78 Å². The minimum atomic E-state index is -2.73. The van der Waals surface area contributed by atoms with E-state index in [1.54, 1.807) is 0 Å². The minimum Gasteiger partial charge on any atom is -0.480 e. The van der Waals surface area contributed by atoms with Crippen molar-refractivity contribution < 1.29 is 23.5 Å². The maximum Gasteiger partial charge on any atom is 0.318 e. The molecule has 0 aromatic carbocycles. The Morgan fingerprint density at radius 3 is 2.06 bits per heavy atom. The first-order valence-corrected chi connectivity index (χ1v) is 5.07. The molecule has 1 N–H and O–H groups in total. The summed E-state index contributed by atoms with van der Waals surface area (Å²) in [6.45, 7) is 2.40. The Kier molecular flexibility index (Phi) is 3.21. The van der Waals surface area contributed by atoms with E-state index in [2.05, 4.69) is 0 Å². The average molecular weight is 235 g/mol. The number of carboxylic acids is 1. The summed E-state index contributed by atoms with van der Waals surface area (Å²) in [5, 5.41) is 8.85. The Hall–Kier alpha value is -1.20. The van der Waals surface area contributed by atoms with Gasteiger partial charge in [-0.3, -0.25) is 9.59 Å². The van der Waals surface area contributed by atoms with Crippen LogP contribution >= 0.6 is 0 Å². The van der Waals surface area contributed by atoms with Crippen molar-refractivity contribution in [2.24, 2.45) is 5.41 Å². The second kappa shape index (κ2) is 3.99. The lowest BCUT2D eigenvalue weighted by molar-refractivity contribution is -0.160. The van der Waals surface area contributed by atoms with Gasteiger partial charge in [0.15, 0.2) is 0 Å². The molecule has 0 saturated carbocycles. The molecule has 16 heavy (non-hydrogen) atoms. The van der Waals surface area contributed by atoms with E-state index in [9.17, 15) is 18.4 Å². The summed E-state index contributed by atoms with van der Waals surface area (Å²) in [5.74, 6) is -4.57. The van der Waals surface area contributed by atoms with E-state index in [0.29, 0.717) is 0 Å². The molecule has 1 rings (SSSR count). The maximum absolute atomic E-state index is 12.8. The van der Waals surface area contributed by atoms with Crippen LogP contribution in [0.1, 0.15) is 26.7 Å². The Labute approximate surface area is 92.2 Å². The van der Waals surface area contributed by atoms with Gasteiger partial charge in [-0.25, -0.2) is 8.78 Å². The fourth-order valence-electron chi connectivity index (χ4n) is 1.52. The second-order valence-electron chi connectivity index (χ2n) is 4.58. The van der Waals surface area contributed by atoms with Crippen molar-refractivity contribution in [1.82, 2.24) is 4.90 Å². The summed E-state index contributed by atoms with van der Waals surface area (Å²) in [6.07, 6.45) is -0.789. The van der Waals surface area contributed by atoms with Gasteiger partial charge in [0.1, 0.15) is 5.41 Å². The number of nitrogens with zero attached hydrogens (tertiary/aromatic N) is 1. The molecule has 0 aromatic rings. The molecule has 0 atom stereocenters. The van der Waals surface area contributed by atoms with Crippen LogP contribution in [0.3, 0.4) is 0 Å². The molecule has 0 bridgehead atoms. The van der Waals surface area contributed by atoms with Crippen LogP contribution in [-0.4, -0.2) is 40.9 Å². The number of alkyl halides is 2. The number of piperidine rings is 1. The molecule has 1 heterocycles. The number of amides is 1. The lowest BCUT2D eigenvalue weighted by atomic mass is 9.90. The third-order valence-electron chi connectivity index (χ3n) is 2.85. The summed E-state index contributed by atoms with van der Waals surface area (Å²) in [4.78, 5) is 23.8. The summed E-state index contributed by atoms with van der Waals surface area (Å²) in [5.41, 5.74) is -1.55. The van der Waals surface area contributed by atoms with Gasteiger partial charge in [0.25, 0.3) is 5.92 Å². The van der Waals surface area contributed by atoms with Crippen molar-refractivity contribution in [2.75, 3.05) is 13.1 Å². The van der Waals surface area contributed by atoms with Gasteiger partial charge in [-0.15, -0.1) is 0 Å². The first kappa shape index (κ1) is 12.9. The van der Waals surface area contributed by atoms with Crippen LogP contribution in [0.5, 0.6) is 0 Å². The number of aliphatic carboxylic acids is 1. The lowest BCUT2D eigenvalue weighted by Gasteiger charge is -2.35. The molecular formula is C10H15F2NO3. The van der Waals surface area contributed by atoms with Crippen molar-refractivity contribution in [3.05, 3.63) is 0 Å². The second-order valence-corrected chi connectivity index (χ2v) is 4.58. The van der Waals surface area contributed by atoms with Crippen molar-refractivity contribution in [3.8, 4) is 0 Å². The van der Waals surface area contributed by atoms with Crippen LogP contribution < -0.4 is 0 Å². The first-order valence-electron chi connectivity index (χ1n) is 5.07. The number of halogens is 2. The highest BCUT2D eigenvalue weighted by Crippen LogP contribution is 2.30. The smallest absolute Gasteiger partial charge is 0.318 e. The van der Waals surface area contributed by atoms with E-state index >= 15 is 0 Å². The highest BCUT2D eigenvalue weighted by Gasteiger charge is 2.43. The molecule has 0 aliphatic carbocycles. The summed E-state index contributed by atoms with van der Waals surface area (Å²) in [7, 11) is 0. The number of carbonyl (C=O) groups excluding carboxylic acids is 1. The Bertz CT molecular complexity index is 305. The number of rotatable bonds is 2. The van der Waals surface area contributed by atoms with E-state index in [4.69, 9.17) is 5.11 Å². The fourth-order valence-corrected chi connectivity index (χ4v) is 1.52. The van der Waals surface area contributed by atoms with E-state index in [1.165, 1.54) is 18.7 Å². The third kappa shape index (κ3) is 2.48. The molecule has 0 radical (unpaired) electrons. The zero-order valence-corrected chi connectivity index (χ0v) is 9.30. The number of hydrogen-bond acceptors (Lipinski definition) is 2. The predicted molar refractivity (Wildman–Crippen MR) is 52.2 cm³/mol. The van der Waals surface area contributed by atoms with E-state index in [-0.39, 0.29) is 13.1 Å². The van der Waals surface area contributed by atoms with E-state index in [1.807, 2.05) is 0 Å². The molecule has 1 fully saturated rings. The molecule has 0 aromatic heterocycles. The average Bonchev–Trinajstić information content (AvgIpc) is 2.16. The molecule has 1 aliphatic rings. The number of hydrogen-bond donors (Lipinski definition) is 1. The van der Waals surface area contributed by atoms with Gasteiger partial charge in [-0.1, -0.05) is 0 Å². The summed E-state index contributed by atoms with van der Waals surface area (Å²) >= 11 is 0. The summed E-state index contributed by atoms with van der Waals surface area (Å²) in [6, 6.07) is 0. The van der Waals surface area contributed by atoms with Crippen LogP contribution in [0, 0.1) is 5.41 Å². The zero-order valence-electron chi connectivity index (χ0n) is 9.30. The van der Waals surface area contributed by atoms with Gasteiger partial charge in [-0.05, 0) is 13.8 Å². The fraction of sp³-hybridized carbons (Fsp3) is 0.800. The van der Waals surface area contributed by atoms with Crippen LogP contribution in [0.15, 0.2) is 0 Å². The van der Waals surface area contributed by atoms with Crippen LogP contribution in [0.2, 0.25) is 0 Å². The molecule has 0 unspecified atom stereocenters. The van der Waals surface area contributed by atoms with Crippen LogP contribution in [0.25, 0.3) is 0 Å². The molecule has 0 spiro atoms. The molecular weight excluding hydrogens is 220 g/mol. The van der Waals surface area contributed by atoms with Gasteiger partial charge >= 0.3 is 5.97 Å². The van der Waals surface area contributed by atoms with Crippen molar-refractivity contribution >= 4 is 11.9 Å². The quantitative estimate of drug-likeness (QED) is 0.735. The number of carbonyl (C=O) groups is 2. The topological polar surface area (TPSA) is 57.6 Å². The lowest BCUT2D eigenvalue weighted by Crippen LogP contribution is -2.50. The SMILES string of the molecule is CC(C)(C(=O)O)C(=O)N1CCC(F)(F)CC1. The normalized spacial score (nSPS) is 20.6. The Morgan fingerprint density at radius 2 is 1.69 bits per heavy atom. The standard InChI is InChI=1S/C10H15F2NO3/c1-9(2,8(15)16)7(14)13-5-3-10(11,12)4-6-13/h3-6H2,1-2H3,(H,15,16). The van der Waals surface area contributed by atoms with E-state index < -0.39 is 36.1 Å². The maximum atomic E-state index is 12.8. The molecule has 1 aliphatic heterocycles. The number of carboxylic acid groups (broad SMARTS) is 1. The molecule has 6 heteroatoms. The molecule has 92 valence electrons. The number of likely N-dealkylation sites (tertiary alicyclic amines) is 1. The van der Waals surface area contributed by atoms with E-state index in [0.717, 1.165) is 0 Å². The highest BCUT2D eigenvalue weighted by molar-refractivity contribution is 6.01. The molecule has 1 saturated heterocycles. The minimum absolute atomic E-state index is 0.0808. The first-order chi connectivity index (χ1) is 7.17.